The van der Waals surface area contributed by atoms with Crippen LogP contribution in [0.25, 0.3) is 0 Å². The maximum Gasteiger partial charge on any atom is 0.341 e. The Morgan fingerprint density at radius 3 is 2.50 bits per heavy atom. The second-order valence-corrected chi connectivity index (χ2v) is 3.39. The monoisotopic (exact) mass is 212 g/mol. The molecule has 1 rings (SSSR count). The van der Waals surface area contributed by atoms with E-state index in [2.05, 4.69) is 0 Å². The van der Waals surface area contributed by atoms with Gasteiger partial charge in [0.05, 0.1) is 5.56 Å². The first-order valence-electron chi connectivity index (χ1n) is 4.09. The van der Waals surface area contributed by atoms with Crippen LogP contribution in [0.2, 0.25) is 0 Å². The molecule has 3 nitrogen and oxygen atoms in total. The quantitative estimate of drug-likeness (QED) is 0.566. The highest BCUT2D eigenvalue weighted by molar-refractivity contribution is 7.98. The van der Waals surface area contributed by atoms with Gasteiger partial charge in [-0.1, -0.05) is 30.0 Å². The second kappa shape index (κ2) is 5.67. The zero-order valence-electron chi connectivity index (χ0n) is 8.10. The lowest BCUT2D eigenvalue weighted by atomic mass is 10.2. The number of benzene rings is 1. The molecule has 0 aliphatic heterocycles. The summed E-state index contributed by atoms with van der Waals surface area (Å²) in [6.45, 7) is 0. The predicted octanol–water partition coefficient (Wildman–Crippen LogP) is 2.14. The van der Waals surface area contributed by atoms with Gasteiger partial charge in [-0.15, -0.1) is 0 Å². The molecule has 0 heterocycles. The second-order valence-electron chi connectivity index (χ2n) is 2.53. The number of methoxy groups -OCH3 is 1. The maximum absolute atomic E-state index is 11.5. The van der Waals surface area contributed by atoms with Crippen molar-refractivity contribution in [3.63, 3.8) is 0 Å². The van der Waals surface area contributed by atoms with Crippen LogP contribution >= 0.6 is 11.8 Å². The molecular formula is C10H12O3S. The van der Waals surface area contributed by atoms with Gasteiger partial charge in [-0.3, -0.25) is 0 Å². The minimum atomic E-state index is -0.539. The van der Waals surface area contributed by atoms with Crippen molar-refractivity contribution in [1.29, 1.82) is 0 Å². The van der Waals surface area contributed by atoms with Gasteiger partial charge in [0.2, 0.25) is 0 Å². The van der Waals surface area contributed by atoms with Crippen molar-refractivity contribution in [3.8, 4) is 0 Å². The molecule has 14 heavy (non-hydrogen) atoms. The van der Waals surface area contributed by atoms with Gasteiger partial charge in [0, 0.05) is 7.11 Å². The standard InChI is InChI=1S/C10H12O3S/c1-12-10(14-2)13-9(11)8-6-4-3-5-7-8/h3-7,10H,1-2H3. The molecule has 1 atom stereocenters. The molecule has 0 radical (unpaired) electrons. The lowest BCUT2D eigenvalue weighted by Gasteiger charge is -2.12. The fourth-order valence-corrected chi connectivity index (χ4v) is 1.30. The number of thioether (sulfide) groups is 1. The van der Waals surface area contributed by atoms with E-state index in [9.17, 15) is 4.79 Å². The first-order valence-corrected chi connectivity index (χ1v) is 5.38. The minimum Gasteiger partial charge on any atom is -0.422 e. The van der Waals surface area contributed by atoms with Crippen LogP contribution in [0.3, 0.4) is 0 Å². The predicted molar refractivity (Wildman–Crippen MR) is 56.2 cm³/mol. The summed E-state index contributed by atoms with van der Waals surface area (Å²) in [6, 6.07) is 8.83. The van der Waals surface area contributed by atoms with E-state index in [4.69, 9.17) is 9.47 Å². The van der Waals surface area contributed by atoms with Crippen LogP contribution in [0.4, 0.5) is 0 Å². The molecule has 0 bridgehead atoms. The average molecular weight is 212 g/mol. The van der Waals surface area contributed by atoms with Crippen molar-refractivity contribution in [1.82, 2.24) is 0 Å². The highest BCUT2D eigenvalue weighted by Gasteiger charge is 2.12. The normalized spacial score (nSPS) is 12.1. The van der Waals surface area contributed by atoms with Crippen LogP contribution in [0.1, 0.15) is 10.4 Å². The van der Waals surface area contributed by atoms with Crippen LogP contribution in [0.5, 0.6) is 0 Å². The summed E-state index contributed by atoms with van der Waals surface area (Å²) in [5.41, 5.74) is -0.00805. The van der Waals surface area contributed by atoms with Crippen molar-refractivity contribution in [3.05, 3.63) is 35.9 Å². The smallest absolute Gasteiger partial charge is 0.341 e. The number of esters is 1. The molecule has 0 fully saturated rings. The Morgan fingerprint density at radius 1 is 1.36 bits per heavy atom. The van der Waals surface area contributed by atoms with Crippen LogP contribution in [0, 0.1) is 0 Å². The Balaban J connectivity index is 2.59. The van der Waals surface area contributed by atoms with E-state index in [0.29, 0.717) is 5.56 Å². The summed E-state index contributed by atoms with van der Waals surface area (Å²) in [5, 5.41) is 0. The van der Waals surface area contributed by atoms with Gasteiger partial charge in [0.15, 0.2) is 0 Å². The fraction of sp³-hybridized carbons (Fsp3) is 0.300. The molecule has 0 saturated carbocycles. The van der Waals surface area contributed by atoms with E-state index in [-0.39, 0.29) is 5.97 Å². The number of rotatable bonds is 4. The molecule has 0 amide bonds. The van der Waals surface area contributed by atoms with Crippen LogP contribution in [-0.2, 0) is 9.47 Å². The third-order valence-electron chi connectivity index (χ3n) is 1.60. The van der Waals surface area contributed by atoms with Crippen molar-refractivity contribution in [2.24, 2.45) is 0 Å². The molecule has 0 N–H and O–H groups in total. The lowest BCUT2D eigenvalue weighted by Crippen LogP contribution is -2.16. The summed E-state index contributed by atoms with van der Waals surface area (Å²) < 4.78 is 9.95. The first-order chi connectivity index (χ1) is 6.77. The highest BCUT2D eigenvalue weighted by Crippen LogP contribution is 2.11. The Labute approximate surface area is 87.4 Å². The molecule has 0 aliphatic carbocycles. The Morgan fingerprint density at radius 2 is 2.00 bits per heavy atom. The van der Waals surface area contributed by atoms with E-state index in [1.807, 2.05) is 12.3 Å². The zero-order chi connectivity index (χ0) is 10.4. The Hall–Kier alpha value is -1.00. The molecular weight excluding hydrogens is 200 g/mol. The Bertz CT molecular complexity index is 283. The SMILES string of the molecule is COC(OC(=O)c1ccccc1)SC. The van der Waals surface area contributed by atoms with Crippen LogP contribution in [-0.4, -0.2) is 25.0 Å². The summed E-state index contributed by atoms with van der Waals surface area (Å²) in [7, 11) is 1.50. The van der Waals surface area contributed by atoms with E-state index < -0.39 is 5.62 Å². The molecule has 1 unspecified atom stereocenters. The fourth-order valence-electron chi connectivity index (χ4n) is 0.922. The molecule has 0 spiro atoms. The topological polar surface area (TPSA) is 35.5 Å². The van der Waals surface area contributed by atoms with Crippen LogP contribution in [0.15, 0.2) is 30.3 Å². The molecule has 76 valence electrons. The van der Waals surface area contributed by atoms with Gasteiger partial charge in [-0.25, -0.2) is 4.79 Å². The van der Waals surface area contributed by atoms with Crippen LogP contribution < -0.4 is 0 Å². The molecule has 0 aromatic heterocycles. The largest absolute Gasteiger partial charge is 0.422 e. The number of hydrogen-bond donors (Lipinski definition) is 0. The highest BCUT2D eigenvalue weighted by atomic mass is 32.2. The lowest BCUT2D eigenvalue weighted by molar-refractivity contribution is -0.0342. The number of carbonyl (C=O) groups excluding carboxylic acids is 1. The molecule has 0 saturated heterocycles. The van der Waals surface area contributed by atoms with Gasteiger partial charge in [-0.05, 0) is 18.4 Å². The van der Waals surface area contributed by atoms with Gasteiger partial charge in [0.1, 0.15) is 0 Å². The van der Waals surface area contributed by atoms with Gasteiger partial charge < -0.3 is 9.47 Å². The molecule has 0 aliphatic rings. The molecule has 1 aromatic rings. The minimum absolute atomic E-state index is 0.369. The summed E-state index contributed by atoms with van der Waals surface area (Å²) in [6.07, 6.45) is 1.81. The maximum atomic E-state index is 11.5. The summed E-state index contributed by atoms with van der Waals surface area (Å²) in [5.74, 6) is -0.369. The summed E-state index contributed by atoms with van der Waals surface area (Å²) in [4.78, 5) is 11.5. The number of carbonyl (C=O) groups is 1. The van der Waals surface area contributed by atoms with E-state index in [1.165, 1.54) is 18.9 Å². The van der Waals surface area contributed by atoms with Crippen molar-refractivity contribution < 1.29 is 14.3 Å². The molecule has 1 aromatic carbocycles. The van der Waals surface area contributed by atoms with E-state index >= 15 is 0 Å². The first kappa shape index (κ1) is 11.1. The summed E-state index contributed by atoms with van der Waals surface area (Å²) >= 11 is 1.33. The third kappa shape index (κ3) is 3.05. The Kier molecular flexibility index (Phi) is 4.49. The van der Waals surface area contributed by atoms with Crippen molar-refractivity contribution in [2.45, 2.75) is 5.62 Å². The van der Waals surface area contributed by atoms with E-state index in [0.717, 1.165) is 0 Å². The van der Waals surface area contributed by atoms with Crippen molar-refractivity contribution in [2.75, 3.05) is 13.4 Å². The zero-order valence-corrected chi connectivity index (χ0v) is 8.91. The van der Waals surface area contributed by atoms with Gasteiger partial charge in [0.25, 0.3) is 5.62 Å². The third-order valence-corrected chi connectivity index (χ3v) is 2.27. The van der Waals surface area contributed by atoms with Gasteiger partial charge >= 0.3 is 5.97 Å². The number of hydrogen-bond acceptors (Lipinski definition) is 4. The average Bonchev–Trinajstić information content (AvgIpc) is 2.26. The van der Waals surface area contributed by atoms with Crippen molar-refractivity contribution >= 4 is 17.7 Å². The number of ether oxygens (including phenoxy) is 2. The van der Waals surface area contributed by atoms with E-state index in [1.54, 1.807) is 24.3 Å². The van der Waals surface area contributed by atoms with Gasteiger partial charge in [-0.2, -0.15) is 0 Å². The molecule has 4 heteroatoms.